The van der Waals surface area contributed by atoms with E-state index >= 15 is 0 Å². The Bertz CT molecular complexity index is 857. The molecule has 0 atom stereocenters. The van der Waals surface area contributed by atoms with Gasteiger partial charge in [0.25, 0.3) is 0 Å². The Morgan fingerprint density at radius 2 is 2.16 bits per heavy atom. The summed E-state index contributed by atoms with van der Waals surface area (Å²) < 4.78 is 7.29. The Labute approximate surface area is 154 Å². The minimum Gasteiger partial charge on any atom is -0.461 e. The van der Waals surface area contributed by atoms with Gasteiger partial charge in [-0.05, 0) is 37.6 Å². The number of nitrogens with one attached hydrogen (secondary N) is 1. The fourth-order valence-corrected chi connectivity index (χ4v) is 3.44. The molecule has 0 fully saturated rings. The summed E-state index contributed by atoms with van der Waals surface area (Å²) in [5, 5.41) is 12.4. The lowest BCUT2D eigenvalue weighted by Crippen LogP contribution is -2.15. The Morgan fingerprint density at radius 1 is 1.32 bits per heavy atom. The van der Waals surface area contributed by atoms with Crippen LogP contribution in [0.1, 0.15) is 12.5 Å². The fraction of sp³-hybridized carbons (Fsp3) is 0.235. The number of aromatic nitrogens is 3. The second-order valence-corrected chi connectivity index (χ2v) is 6.65. The number of benzene rings is 1. The van der Waals surface area contributed by atoms with Crippen molar-refractivity contribution in [1.29, 1.82) is 0 Å². The lowest BCUT2D eigenvalue weighted by Gasteiger charge is -2.10. The molecule has 8 heteroatoms. The summed E-state index contributed by atoms with van der Waals surface area (Å²) in [5.41, 5.74) is 1.56. The molecule has 0 saturated heterocycles. The third-order valence-corrected chi connectivity index (χ3v) is 4.88. The summed E-state index contributed by atoms with van der Waals surface area (Å²) >= 11 is 7.46. The molecule has 0 saturated carbocycles. The van der Waals surface area contributed by atoms with Crippen LogP contribution in [-0.2, 0) is 11.3 Å². The average Bonchev–Trinajstić information content (AvgIpc) is 3.25. The highest BCUT2D eigenvalue weighted by molar-refractivity contribution is 7.99. The number of nitrogens with zero attached hydrogens (tertiary/aromatic N) is 3. The number of hydrogen-bond acceptors (Lipinski definition) is 5. The third-order valence-electron chi connectivity index (χ3n) is 3.59. The molecule has 3 rings (SSSR count). The van der Waals surface area contributed by atoms with Gasteiger partial charge in [0.2, 0.25) is 5.91 Å². The van der Waals surface area contributed by atoms with Crippen LogP contribution in [0.5, 0.6) is 0 Å². The SMILES string of the molecule is CCn1c(SCC(=O)Nc2c(C)cccc2Cl)nnc1-c1ccco1. The second kappa shape index (κ2) is 7.76. The maximum absolute atomic E-state index is 12.3. The first kappa shape index (κ1) is 17.6. The van der Waals surface area contributed by atoms with E-state index in [9.17, 15) is 4.79 Å². The van der Waals surface area contributed by atoms with Gasteiger partial charge in [0.1, 0.15) is 0 Å². The first-order chi connectivity index (χ1) is 12.1. The van der Waals surface area contributed by atoms with Gasteiger partial charge in [-0.1, -0.05) is 35.5 Å². The summed E-state index contributed by atoms with van der Waals surface area (Å²) in [4.78, 5) is 12.3. The number of amides is 1. The molecular formula is C17H17ClN4O2S. The van der Waals surface area contributed by atoms with Crippen LogP contribution in [0.2, 0.25) is 5.02 Å². The number of aryl methyl sites for hydroxylation is 1. The number of hydrogen-bond donors (Lipinski definition) is 1. The maximum Gasteiger partial charge on any atom is 0.234 e. The highest BCUT2D eigenvalue weighted by atomic mass is 35.5. The van der Waals surface area contributed by atoms with Crippen molar-refractivity contribution in [3.63, 3.8) is 0 Å². The number of rotatable bonds is 6. The molecule has 0 aliphatic heterocycles. The predicted octanol–water partition coefficient (Wildman–Crippen LogP) is 4.25. The summed E-state index contributed by atoms with van der Waals surface area (Å²) in [6.45, 7) is 4.57. The van der Waals surface area contributed by atoms with Crippen molar-refractivity contribution in [2.75, 3.05) is 11.1 Å². The molecule has 3 aromatic rings. The molecule has 1 aromatic carbocycles. The van der Waals surface area contributed by atoms with E-state index in [-0.39, 0.29) is 11.7 Å². The first-order valence-electron chi connectivity index (χ1n) is 7.75. The van der Waals surface area contributed by atoms with Crippen LogP contribution in [0.15, 0.2) is 46.2 Å². The van der Waals surface area contributed by atoms with Crippen LogP contribution < -0.4 is 5.32 Å². The van der Waals surface area contributed by atoms with E-state index in [1.54, 1.807) is 18.4 Å². The zero-order chi connectivity index (χ0) is 17.8. The molecule has 1 amide bonds. The zero-order valence-corrected chi connectivity index (χ0v) is 15.4. The van der Waals surface area contributed by atoms with Crippen LogP contribution in [-0.4, -0.2) is 26.4 Å². The van der Waals surface area contributed by atoms with E-state index in [1.807, 2.05) is 36.6 Å². The first-order valence-corrected chi connectivity index (χ1v) is 9.11. The molecule has 0 bridgehead atoms. The maximum atomic E-state index is 12.3. The lowest BCUT2D eigenvalue weighted by atomic mass is 10.2. The largest absolute Gasteiger partial charge is 0.461 e. The molecule has 1 N–H and O–H groups in total. The minimum atomic E-state index is -0.147. The third kappa shape index (κ3) is 3.88. The lowest BCUT2D eigenvalue weighted by molar-refractivity contribution is -0.113. The Hall–Kier alpha value is -2.25. The summed E-state index contributed by atoms with van der Waals surface area (Å²) in [6.07, 6.45) is 1.59. The van der Waals surface area contributed by atoms with E-state index in [2.05, 4.69) is 15.5 Å². The van der Waals surface area contributed by atoms with Gasteiger partial charge in [-0.15, -0.1) is 10.2 Å². The number of carbonyl (C=O) groups is 1. The summed E-state index contributed by atoms with van der Waals surface area (Å²) in [6, 6.07) is 9.13. The molecule has 130 valence electrons. The highest BCUT2D eigenvalue weighted by Gasteiger charge is 2.16. The van der Waals surface area contributed by atoms with E-state index < -0.39 is 0 Å². The number of furan rings is 1. The van der Waals surface area contributed by atoms with Crippen LogP contribution in [0.4, 0.5) is 5.69 Å². The van der Waals surface area contributed by atoms with Crippen molar-refractivity contribution in [1.82, 2.24) is 14.8 Å². The number of anilines is 1. The number of carbonyl (C=O) groups excluding carboxylic acids is 1. The normalized spacial score (nSPS) is 10.8. The molecule has 0 unspecified atom stereocenters. The Balaban J connectivity index is 1.69. The Morgan fingerprint density at radius 3 is 2.84 bits per heavy atom. The van der Waals surface area contributed by atoms with Crippen LogP contribution in [0.3, 0.4) is 0 Å². The number of thioether (sulfide) groups is 1. The highest BCUT2D eigenvalue weighted by Crippen LogP contribution is 2.27. The van der Waals surface area contributed by atoms with Crippen molar-refractivity contribution < 1.29 is 9.21 Å². The van der Waals surface area contributed by atoms with Gasteiger partial charge in [0.15, 0.2) is 16.7 Å². The van der Waals surface area contributed by atoms with E-state index in [4.69, 9.17) is 16.0 Å². The van der Waals surface area contributed by atoms with Crippen molar-refractivity contribution in [2.45, 2.75) is 25.5 Å². The standard InChI is InChI=1S/C17H17ClN4O2S/c1-3-22-16(13-8-5-9-24-13)20-21-17(22)25-10-14(23)19-15-11(2)6-4-7-12(15)18/h4-9H,3,10H2,1-2H3,(H,19,23). The predicted molar refractivity (Wildman–Crippen MR) is 98.9 cm³/mol. The van der Waals surface area contributed by atoms with Gasteiger partial charge in [0.05, 0.1) is 22.7 Å². The Kier molecular flexibility index (Phi) is 5.45. The van der Waals surface area contributed by atoms with Crippen molar-refractivity contribution >= 4 is 35.0 Å². The molecule has 0 aliphatic rings. The van der Waals surface area contributed by atoms with Crippen LogP contribution >= 0.6 is 23.4 Å². The van der Waals surface area contributed by atoms with Gasteiger partial charge < -0.3 is 9.73 Å². The molecule has 25 heavy (non-hydrogen) atoms. The summed E-state index contributed by atoms with van der Waals surface area (Å²) in [7, 11) is 0. The van der Waals surface area contributed by atoms with Crippen molar-refractivity contribution in [3.05, 3.63) is 47.2 Å². The topological polar surface area (TPSA) is 73.0 Å². The van der Waals surface area contributed by atoms with Crippen LogP contribution in [0.25, 0.3) is 11.6 Å². The second-order valence-electron chi connectivity index (χ2n) is 5.30. The number of para-hydroxylation sites is 1. The molecule has 2 aromatic heterocycles. The molecule has 6 nitrogen and oxygen atoms in total. The molecule has 0 radical (unpaired) electrons. The van der Waals surface area contributed by atoms with Gasteiger partial charge in [-0.3, -0.25) is 9.36 Å². The van der Waals surface area contributed by atoms with Gasteiger partial charge in [0, 0.05) is 6.54 Å². The van der Waals surface area contributed by atoms with Crippen LogP contribution in [0, 0.1) is 6.92 Å². The van der Waals surface area contributed by atoms with Crippen molar-refractivity contribution in [2.24, 2.45) is 0 Å². The van der Waals surface area contributed by atoms with E-state index in [0.717, 1.165) is 5.56 Å². The molecule has 0 spiro atoms. The summed E-state index contributed by atoms with van der Waals surface area (Å²) in [5.74, 6) is 1.36. The van der Waals surface area contributed by atoms with Gasteiger partial charge in [-0.2, -0.15) is 0 Å². The molecule has 2 heterocycles. The van der Waals surface area contributed by atoms with E-state index in [1.165, 1.54) is 11.8 Å². The average molecular weight is 377 g/mol. The quantitative estimate of drug-likeness (QED) is 0.651. The monoisotopic (exact) mass is 376 g/mol. The number of halogens is 1. The smallest absolute Gasteiger partial charge is 0.234 e. The van der Waals surface area contributed by atoms with Gasteiger partial charge >= 0.3 is 0 Å². The van der Waals surface area contributed by atoms with Gasteiger partial charge in [-0.25, -0.2) is 0 Å². The molecular weight excluding hydrogens is 360 g/mol. The molecule has 0 aliphatic carbocycles. The van der Waals surface area contributed by atoms with Crippen molar-refractivity contribution in [3.8, 4) is 11.6 Å². The fourth-order valence-electron chi connectivity index (χ4n) is 2.36. The minimum absolute atomic E-state index is 0.147. The van der Waals surface area contributed by atoms with E-state index in [0.29, 0.717) is 34.0 Å². The zero-order valence-electron chi connectivity index (χ0n) is 13.8.